The summed E-state index contributed by atoms with van der Waals surface area (Å²) in [6, 6.07) is 7.77. The van der Waals surface area contributed by atoms with Gasteiger partial charge < -0.3 is 10.1 Å². The van der Waals surface area contributed by atoms with E-state index in [1.54, 1.807) is 18.3 Å². The fourth-order valence-corrected chi connectivity index (χ4v) is 2.46. The van der Waals surface area contributed by atoms with Crippen LogP contribution in [0.15, 0.2) is 29.6 Å². The number of ether oxygens (including phenoxy) is 1. The summed E-state index contributed by atoms with van der Waals surface area (Å²) < 4.78 is 5.89. The first-order chi connectivity index (χ1) is 7.72. The summed E-state index contributed by atoms with van der Waals surface area (Å²) in [6.07, 6.45) is 0. The zero-order valence-electron chi connectivity index (χ0n) is 9.19. The van der Waals surface area contributed by atoms with E-state index in [4.69, 9.17) is 0 Å². The van der Waals surface area contributed by atoms with E-state index >= 15 is 0 Å². The highest BCUT2D eigenvalue weighted by molar-refractivity contribution is 7.17. The van der Waals surface area contributed by atoms with Crippen molar-refractivity contribution in [2.45, 2.75) is 13.0 Å². The Morgan fingerprint density at radius 3 is 2.94 bits per heavy atom. The van der Waals surface area contributed by atoms with Crippen LogP contribution in [-0.2, 0) is 9.53 Å². The van der Waals surface area contributed by atoms with Crippen LogP contribution >= 0.6 is 11.3 Å². The number of methoxy groups -OCH3 is 1. The van der Waals surface area contributed by atoms with E-state index in [9.17, 15) is 4.79 Å². The number of hydrogen-bond donors (Lipinski definition) is 1. The maximum Gasteiger partial charge on any atom is 0.327 e. The third-order valence-electron chi connectivity index (χ3n) is 2.41. The molecular formula is C12H13NO2S. The number of esters is 1. The number of fused-ring (bicyclic) bond motifs is 1. The van der Waals surface area contributed by atoms with E-state index in [0.717, 1.165) is 11.1 Å². The SMILES string of the molecule is COC(=O)[C@H](C)Nc1csc2ccccc12. The van der Waals surface area contributed by atoms with Crippen molar-refractivity contribution in [1.82, 2.24) is 0 Å². The molecule has 2 aromatic rings. The summed E-state index contributed by atoms with van der Waals surface area (Å²) in [5.41, 5.74) is 0.985. The van der Waals surface area contributed by atoms with Gasteiger partial charge in [-0.15, -0.1) is 11.3 Å². The highest BCUT2D eigenvalue weighted by atomic mass is 32.1. The van der Waals surface area contributed by atoms with Gasteiger partial charge in [-0.25, -0.2) is 4.79 Å². The zero-order valence-corrected chi connectivity index (χ0v) is 10.0. The predicted molar refractivity (Wildman–Crippen MR) is 66.9 cm³/mol. The molecule has 1 N–H and O–H groups in total. The van der Waals surface area contributed by atoms with Crippen molar-refractivity contribution in [3.8, 4) is 0 Å². The van der Waals surface area contributed by atoms with E-state index in [2.05, 4.69) is 16.1 Å². The second-order valence-corrected chi connectivity index (χ2v) is 4.45. The number of carbonyl (C=O) groups excluding carboxylic acids is 1. The van der Waals surface area contributed by atoms with Crippen LogP contribution in [0.4, 0.5) is 5.69 Å². The first-order valence-electron chi connectivity index (χ1n) is 5.03. The summed E-state index contributed by atoms with van der Waals surface area (Å²) in [6.45, 7) is 1.79. The van der Waals surface area contributed by atoms with Gasteiger partial charge in [-0.05, 0) is 13.0 Å². The van der Waals surface area contributed by atoms with Crippen LogP contribution in [0.2, 0.25) is 0 Å². The number of thiophene rings is 1. The number of rotatable bonds is 3. The second-order valence-electron chi connectivity index (χ2n) is 3.53. The molecule has 0 unspecified atom stereocenters. The van der Waals surface area contributed by atoms with Crippen LogP contribution in [0.5, 0.6) is 0 Å². The smallest absolute Gasteiger partial charge is 0.327 e. The Kier molecular flexibility index (Phi) is 3.10. The van der Waals surface area contributed by atoms with Gasteiger partial charge in [0.05, 0.1) is 12.8 Å². The monoisotopic (exact) mass is 235 g/mol. The van der Waals surface area contributed by atoms with Crippen molar-refractivity contribution in [1.29, 1.82) is 0 Å². The zero-order chi connectivity index (χ0) is 11.5. The Hall–Kier alpha value is -1.55. The number of anilines is 1. The molecule has 84 valence electrons. The average Bonchev–Trinajstić information content (AvgIpc) is 2.72. The standard InChI is InChI=1S/C12H13NO2S/c1-8(12(14)15-2)13-10-7-16-11-6-4-3-5-9(10)11/h3-8,13H,1-2H3/t8-/m0/s1. The minimum Gasteiger partial charge on any atom is -0.467 e. The number of benzene rings is 1. The van der Waals surface area contributed by atoms with Crippen LogP contribution in [0.3, 0.4) is 0 Å². The van der Waals surface area contributed by atoms with Gasteiger partial charge in [-0.3, -0.25) is 0 Å². The van der Waals surface area contributed by atoms with Crippen molar-refractivity contribution in [3.05, 3.63) is 29.6 Å². The van der Waals surface area contributed by atoms with Crippen LogP contribution in [0.1, 0.15) is 6.92 Å². The van der Waals surface area contributed by atoms with E-state index in [-0.39, 0.29) is 12.0 Å². The van der Waals surface area contributed by atoms with Gasteiger partial charge >= 0.3 is 5.97 Å². The molecule has 0 aliphatic rings. The molecule has 0 radical (unpaired) electrons. The summed E-state index contributed by atoms with van der Waals surface area (Å²) in [7, 11) is 1.40. The number of hydrogen-bond acceptors (Lipinski definition) is 4. The van der Waals surface area contributed by atoms with Gasteiger partial charge in [0.1, 0.15) is 6.04 Å². The van der Waals surface area contributed by atoms with Gasteiger partial charge in [0.2, 0.25) is 0 Å². The lowest BCUT2D eigenvalue weighted by Gasteiger charge is -2.11. The van der Waals surface area contributed by atoms with Crippen LogP contribution < -0.4 is 5.32 Å². The molecule has 1 atom stereocenters. The van der Waals surface area contributed by atoms with Crippen LogP contribution in [0.25, 0.3) is 10.1 Å². The topological polar surface area (TPSA) is 38.3 Å². The van der Waals surface area contributed by atoms with Gasteiger partial charge in [-0.2, -0.15) is 0 Å². The molecule has 3 nitrogen and oxygen atoms in total. The first-order valence-corrected chi connectivity index (χ1v) is 5.91. The van der Waals surface area contributed by atoms with Crippen LogP contribution in [-0.4, -0.2) is 19.1 Å². The molecular weight excluding hydrogens is 222 g/mol. The molecule has 0 saturated carbocycles. The Morgan fingerprint density at radius 1 is 1.44 bits per heavy atom. The molecule has 4 heteroatoms. The van der Waals surface area contributed by atoms with E-state index in [0.29, 0.717) is 0 Å². The van der Waals surface area contributed by atoms with Gasteiger partial charge in [0.25, 0.3) is 0 Å². The fourth-order valence-electron chi connectivity index (χ4n) is 1.56. The molecule has 0 bridgehead atoms. The Balaban J connectivity index is 2.24. The largest absolute Gasteiger partial charge is 0.467 e. The van der Waals surface area contributed by atoms with E-state index in [1.165, 1.54) is 11.8 Å². The van der Waals surface area contributed by atoms with Crippen molar-refractivity contribution in [2.75, 3.05) is 12.4 Å². The third-order valence-corrected chi connectivity index (χ3v) is 3.37. The molecule has 0 saturated heterocycles. The molecule has 1 heterocycles. The summed E-state index contributed by atoms with van der Waals surface area (Å²) in [5, 5.41) is 6.31. The highest BCUT2D eigenvalue weighted by Crippen LogP contribution is 2.30. The Morgan fingerprint density at radius 2 is 2.19 bits per heavy atom. The van der Waals surface area contributed by atoms with Gasteiger partial charge in [0.15, 0.2) is 0 Å². The van der Waals surface area contributed by atoms with Crippen molar-refractivity contribution in [3.63, 3.8) is 0 Å². The van der Waals surface area contributed by atoms with Gasteiger partial charge in [-0.1, -0.05) is 18.2 Å². The van der Waals surface area contributed by atoms with Crippen molar-refractivity contribution >= 4 is 33.1 Å². The summed E-state index contributed by atoms with van der Waals surface area (Å²) in [4.78, 5) is 11.3. The molecule has 1 aromatic carbocycles. The normalized spacial score (nSPS) is 12.4. The van der Waals surface area contributed by atoms with E-state index < -0.39 is 0 Å². The predicted octanol–water partition coefficient (Wildman–Crippen LogP) is 2.87. The molecule has 0 fully saturated rings. The molecule has 0 aliphatic heterocycles. The van der Waals surface area contributed by atoms with E-state index in [1.807, 2.05) is 23.6 Å². The summed E-state index contributed by atoms with van der Waals surface area (Å²) in [5.74, 6) is -0.254. The van der Waals surface area contributed by atoms with Crippen molar-refractivity contribution < 1.29 is 9.53 Å². The summed E-state index contributed by atoms with van der Waals surface area (Å²) >= 11 is 1.66. The number of carbonyl (C=O) groups is 1. The lowest BCUT2D eigenvalue weighted by molar-refractivity contribution is -0.141. The van der Waals surface area contributed by atoms with Crippen LogP contribution in [0, 0.1) is 0 Å². The quantitative estimate of drug-likeness (QED) is 0.831. The maximum absolute atomic E-state index is 11.3. The molecule has 0 spiro atoms. The molecule has 16 heavy (non-hydrogen) atoms. The molecule has 2 rings (SSSR count). The highest BCUT2D eigenvalue weighted by Gasteiger charge is 2.14. The molecule has 0 amide bonds. The lowest BCUT2D eigenvalue weighted by Crippen LogP contribution is -2.26. The third kappa shape index (κ3) is 2.02. The fraction of sp³-hybridized carbons (Fsp3) is 0.250. The number of nitrogens with one attached hydrogen (secondary N) is 1. The second kappa shape index (κ2) is 4.53. The Labute approximate surface area is 98.0 Å². The molecule has 0 aliphatic carbocycles. The Bertz CT molecular complexity index is 506. The lowest BCUT2D eigenvalue weighted by atomic mass is 10.2. The van der Waals surface area contributed by atoms with Crippen molar-refractivity contribution in [2.24, 2.45) is 0 Å². The minimum absolute atomic E-state index is 0.254. The first kappa shape index (κ1) is 11.0. The minimum atomic E-state index is -0.331. The molecule has 1 aromatic heterocycles. The van der Waals surface area contributed by atoms with Gasteiger partial charge in [0, 0.05) is 15.5 Å². The maximum atomic E-state index is 11.3. The average molecular weight is 235 g/mol.